The summed E-state index contributed by atoms with van der Waals surface area (Å²) in [4.78, 5) is 25.7. The van der Waals surface area contributed by atoms with Crippen molar-refractivity contribution in [2.45, 2.75) is 19.8 Å². The molecule has 1 amide bonds. The number of rotatable bonds is 11. The number of aromatic nitrogens is 2. The van der Waals surface area contributed by atoms with Crippen LogP contribution in [0.1, 0.15) is 33.6 Å². The van der Waals surface area contributed by atoms with Crippen LogP contribution in [-0.4, -0.2) is 41.6 Å². The lowest BCUT2D eigenvalue weighted by Gasteiger charge is -2.12. The average molecular weight is 550 g/mol. The number of aryl methyl sites for hydroxylation is 1. The standard InChI is InChI=1S/C29H29Cl2N5O2/c1-19-4-8-21(9-5-19)28(38)26-27(32-2)29(36(35-26)24-14-12-23(31)13-15-24)34-17-3-16-33-25(37)18-20-6-10-22(30)11-7-20/h4-15,32,34H,3,16-18H2,1-2H3,(H,33,37). The van der Waals surface area contributed by atoms with Gasteiger partial charge in [0.05, 0.1) is 12.1 Å². The first-order valence-electron chi connectivity index (χ1n) is 12.3. The fraction of sp³-hybridized carbons (Fsp3) is 0.207. The first-order valence-corrected chi connectivity index (χ1v) is 13.0. The van der Waals surface area contributed by atoms with Crippen molar-refractivity contribution in [3.63, 3.8) is 0 Å². The van der Waals surface area contributed by atoms with E-state index in [4.69, 9.17) is 23.2 Å². The number of hydrogen-bond donors (Lipinski definition) is 3. The summed E-state index contributed by atoms with van der Waals surface area (Å²) in [5.74, 6) is 0.415. The van der Waals surface area contributed by atoms with Crippen LogP contribution in [0.5, 0.6) is 0 Å². The van der Waals surface area contributed by atoms with Crippen molar-refractivity contribution in [1.82, 2.24) is 15.1 Å². The predicted octanol–water partition coefficient (Wildman–Crippen LogP) is 5.92. The van der Waals surface area contributed by atoms with Gasteiger partial charge < -0.3 is 16.0 Å². The molecular formula is C29H29Cl2N5O2. The van der Waals surface area contributed by atoms with E-state index < -0.39 is 0 Å². The van der Waals surface area contributed by atoms with Gasteiger partial charge in [-0.15, -0.1) is 0 Å². The molecule has 0 saturated carbocycles. The van der Waals surface area contributed by atoms with Crippen LogP contribution in [0.15, 0.2) is 72.8 Å². The molecule has 4 aromatic rings. The van der Waals surface area contributed by atoms with E-state index in [1.807, 2.05) is 43.3 Å². The van der Waals surface area contributed by atoms with Gasteiger partial charge in [0, 0.05) is 35.7 Å². The highest BCUT2D eigenvalue weighted by molar-refractivity contribution is 6.30. The summed E-state index contributed by atoms with van der Waals surface area (Å²) in [6, 6.07) is 21.9. The van der Waals surface area contributed by atoms with Crippen LogP contribution in [-0.2, 0) is 11.2 Å². The minimum absolute atomic E-state index is 0.0552. The summed E-state index contributed by atoms with van der Waals surface area (Å²) >= 11 is 12.0. The number of amides is 1. The van der Waals surface area contributed by atoms with E-state index in [1.54, 1.807) is 48.1 Å². The summed E-state index contributed by atoms with van der Waals surface area (Å²) in [6.45, 7) is 3.02. The Bertz CT molecular complexity index is 1400. The molecule has 0 radical (unpaired) electrons. The molecule has 0 bridgehead atoms. The van der Waals surface area contributed by atoms with Crippen molar-refractivity contribution in [2.24, 2.45) is 0 Å². The van der Waals surface area contributed by atoms with Gasteiger partial charge >= 0.3 is 0 Å². The SMILES string of the molecule is CNc1c(C(=O)c2ccc(C)cc2)nn(-c2ccc(Cl)cc2)c1NCCCNC(=O)Cc1ccc(Cl)cc1. The van der Waals surface area contributed by atoms with Crippen LogP contribution in [0.3, 0.4) is 0 Å². The monoisotopic (exact) mass is 549 g/mol. The van der Waals surface area contributed by atoms with Gasteiger partial charge in [0.15, 0.2) is 11.5 Å². The molecule has 1 aromatic heterocycles. The summed E-state index contributed by atoms with van der Waals surface area (Å²) < 4.78 is 1.70. The number of nitrogens with zero attached hydrogens (tertiary/aromatic N) is 2. The third-order valence-electron chi connectivity index (χ3n) is 5.98. The van der Waals surface area contributed by atoms with E-state index in [-0.39, 0.29) is 11.7 Å². The Morgan fingerprint density at radius 2 is 1.50 bits per heavy atom. The molecule has 38 heavy (non-hydrogen) atoms. The lowest BCUT2D eigenvalue weighted by atomic mass is 10.1. The van der Waals surface area contributed by atoms with E-state index in [1.165, 1.54) is 0 Å². The fourth-order valence-corrected chi connectivity index (χ4v) is 4.21. The van der Waals surface area contributed by atoms with Crippen LogP contribution >= 0.6 is 23.2 Å². The summed E-state index contributed by atoms with van der Waals surface area (Å²) in [5.41, 5.74) is 4.20. The van der Waals surface area contributed by atoms with Gasteiger partial charge in [-0.05, 0) is 55.3 Å². The second kappa shape index (κ2) is 12.6. The molecule has 7 nitrogen and oxygen atoms in total. The number of anilines is 2. The number of carbonyl (C=O) groups excluding carboxylic acids is 2. The molecular weight excluding hydrogens is 521 g/mol. The van der Waals surface area contributed by atoms with E-state index in [2.05, 4.69) is 21.0 Å². The Kier molecular flexibility index (Phi) is 9.05. The second-order valence-corrected chi connectivity index (χ2v) is 9.71. The average Bonchev–Trinajstić information content (AvgIpc) is 3.28. The number of ketones is 1. The quantitative estimate of drug-likeness (QED) is 0.159. The fourth-order valence-electron chi connectivity index (χ4n) is 3.96. The number of halogens is 2. The Labute approximate surface area is 232 Å². The molecule has 196 valence electrons. The Hall–Kier alpha value is -3.81. The van der Waals surface area contributed by atoms with Crippen LogP contribution < -0.4 is 16.0 Å². The highest BCUT2D eigenvalue weighted by atomic mass is 35.5. The topological polar surface area (TPSA) is 88.1 Å². The van der Waals surface area contributed by atoms with E-state index in [0.29, 0.717) is 58.7 Å². The van der Waals surface area contributed by atoms with Gasteiger partial charge in [-0.2, -0.15) is 5.10 Å². The number of nitrogens with one attached hydrogen (secondary N) is 3. The van der Waals surface area contributed by atoms with Crippen molar-refractivity contribution >= 4 is 46.4 Å². The minimum atomic E-state index is -0.181. The van der Waals surface area contributed by atoms with E-state index in [9.17, 15) is 9.59 Å². The van der Waals surface area contributed by atoms with Crippen molar-refractivity contribution in [2.75, 3.05) is 30.8 Å². The molecule has 0 aliphatic heterocycles. The maximum absolute atomic E-state index is 13.4. The molecule has 9 heteroatoms. The Morgan fingerprint density at radius 1 is 0.868 bits per heavy atom. The maximum atomic E-state index is 13.4. The van der Waals surface area contributed by atoms with Gasteiger partial charge in [-0.25, -0.2) is 4.68 Å². The van der Waals surface area contributed by atoms with Crippen LogP contribution in [0.2, 0.25) is 10.0 Å². The van der Waals surface area contributed by atoms with Crippen LogP contribution in [0.25, 0.3) is 5.69 Å². The molecule has 0 fully saturated rings. The Morgan fingerprint density at radius 3 is 2.13 bits per heavy atom. The molecule has 0 spiro atoms. The summed E-state index contributed by atoms with van der Waals surface area (Å²) in [6.07, 6.45) is 0.963. The molecule has 0 saturated heterocycles. The zero-order valence-electron chi connectivity index (χ0n) is 21.2. The van der Waals surface area contributed by atoms with E-state index in [0.717, 1.165) is 16.8 Å². The normalized spacial score (nSPS) is 10.7. The second-order valence-electron chi connectivity index (χ2n) is 8.84. The number of hydrogen-bond acceptors (Lipinski definition) is 5. The first-order chi connectivity index (χ1) is 18.4. The molecule has 0 unspecified atom stereocenters. The zero-order chi connectivity index (χ0) is 27.1. The van der Waals surface area contributed by atoms with Crippen LogP contribution in [0.4, 0.5) is 11.5 Å². The van der Waals surface area contributed by atoms with Crippen molar-refractivity contribution in [3.8, 4) is 5.69 Å². The lowest BCUT2D eigenvalue weighted by molar-refractivity contribution is -0.120. The molecule has 0 aliphatic carbocycles. The maximum Gasteiger partial charge on any atom is 0.224 e. The molecule has 3 N–H and O–H groups in total. The summed E-state index contributed by atoms with van der Waals surface area (Å²) in [7, 11) is 1.76. The molecule has 1 heterocycles. The third-order valence-corrected chi connectivity index (χ3v) is 6.49. The Balaban J connectivity index is 1.47. The van der Waals surface area contributed by atoms with Gasteiger partial charge in [0.2, 0.25) is 11.7 Å². The highest BCUT2D eigenvalue weighted by Crippen LogP contribution is 2.31. The molecule has 3 aromatic carbocycles. The van der Waals surface area contributed by atoms with Crippen molar-refractivity contribution in [1.29, 1.82) is 0 Å². The molecule has 4 rings (SSSR count). The smallest absolute Gasteiger partial charge is 0.224 e. The first kappa shape index (κ1) is 27.2. The number of benzene rings is 3. The molecule has 0 atom stereocenters. The largest absolute Gasteiger partial charge is 0.383 e. The highest BCUT2D eigenvalue weighted by Gasteiger charge is 2.24. The van der Waals surface area contributed by atoms with Gasteiger partial charge in [0.1, 0.15) is 5.69 Å². The lowest BCUT2D eigenvalue weighted by Crippen LogP contribution is -2.27. The van der Waals surface area contributed by atoms with Gasteiger partial charge in [-0.3, -0.25) is 9.59 Å². The summed E-state index contributed by atoms with van der Waals surface area (Å²) in [5, 5.41) is 15.4. The predicted molar refractivity (Wildman–Crippen MR) is 154 cm³/mol. The number of carbonyl (C=O) groups is 2. The molecule has 0 aliphatic rings. The van der Waals surface area contributed by atoms with Gasteiger partial charge in [0.25, 0.3) is 0 Å². The van der Waals surface area contributed by atoms with E-state index >= 15 is 0 Å². The third kappa shape index (κ3) is 6.73. The minimum Gasteiger partial charge on any atom is -0.383 e. The van der Waals surface area contributed by atoms with Crippen molar-refractivity contribution in [3.05, 3.63) is 105 Å². The zero-order valence-corrected chi connectivity index (χ0v) is 22.7. The van der Waals surface area contributed by atoms with Crippen molar-refractivity contribution < 1.29 is 9.59 Å². The van der Waals surface area contributed by atoms with Crippen LogP contribution in [0, 0.1) is 6.92 Å². The van der Waals surface area contributed by atoms with Gasteiger partial charge in [-0.1, -0.05) is 65.2 Å².